The lowest BCUT2D eigenvalue weighted by Crippen LogP contribution is -2.16. The Hall–Kier alpha value is -3.23. The highest BCUT2D eigenvalue weighted by molar-refractivity contribution is 6.06. The molecule has 0 atom stereocenters. The Morgan fingerprint density at radius 3 is 2.52 bits per heavy atom. The van der Waals surface area contributed by atoms with Crippen LogP contribution in [-0.4, -0.2) is 20.7 Å². The predicted octanol–water partition coefficient (Wildman–Crippen LogP) is 4.20. The molecule has 0 fully saturated rings. The second-order valence-electron chi connectivity index (χ2n) is 5.87. The molecule has 0 unspecified atom stereocenters. The average Bonchev–Trinajstić information content (AvgIpc) is 2.99. The van der Waals surface area contributed by atoms with Crippen LogP contribution < -0.4 is 5.32 Å². The van der Waals surface area contributed by atoms with Gasteiger partial charge in [0.25, 0.3) is 5.91 Å². The number of pyridine rings is 1. The highest BCUT2D eigenvalue weighted by Gasteiger charge is 2.34. The van der Waals surface area contributed by atoms with Gasteiger partial charge in [-0.15, -0.1) is 0 Å². The fourth-order valence-corrected chi connectivity index (χ4v) is 2.53. The van der Waals surface area contributed by atoms with E-state index in [9.17, 15) is 22.4 Å². The van der Waals surface area contributed by atoms with Crippen LogP contribution in [-0.2, 0) is 13.2 Å². The van der Waals surface area contributed by atoms with Crippen LogP contribution in [0.3, 0.4) is 0 Å². The second kappa shape index (κ2) is 6.82. The van der Waals surface area contributed by atoms with Gasteiger partial charge in [-0.1, -0.05) is 12.1 Å². The zero-order valence-electron chi connectivity index (χ0n) is 14.3. The highest BCUT2D eigenvalue weighted by Crippen LogP contribution is 2.35. The lowest BCUT2D eigenvalue weighted by atomic mass is 10.00. The number of carbonyl (C=O) groups excluding carboxylic acids is 1. The van der Waals surface area contributed by atoms with Crippen LogP contribution in [0.4, 0.5) is 23.4 Å². The van der Waals surface area contributed by atoms with E-state index < -0.39 is 23.5 Å². The SMILES string of the molecule is Cc1ccc(-c2ccc(F)c(C(F)(F)F)c2)c(C(=O)Nc2ccn(C)n2)n1. The molecular formula is C18H14F4N4O. The minimum absolute atomic E-state index is 0.0300. The first kappa shape index (κ1) is 18.6. The van der Waals surface area contributed by atoms with Gasteiger partial charge in [0.1, 0.15) is 11.5 Å². The van der Waals surface area contributed by atoms with Crippen molar-refractivity contribution in [1.82, 2.24) is 14.8 Å². The van der Waals surface area contributed by atoms with Gasteiger partial charge in [-0.2, -0.15) is 18.3 Å². The van der Waals surface area contributed by atoms with Crippen LogP contribution >= 0.6 is 0 Å². The smallest absolute Gasteiger partial charge is 0.304 e. The zero-order chi connectivity index (χ0) is 19.8. The number of halogens is 4. The number of carbonyl (C=O) groups is 1. The average molecular weight is 378 g/mol. The first-order chi connectivity index (χ1) is 12.6. The molecule has 2 aromatic heterocycles. The van der Waals surface area contributed by atoms with Crippen molar-refractivity contribution in [3.8, 4) is 11.1 Å². The van der Waals surface area contributed by atoms with Gasteiger partial charge in [0.05, 0.1) is 5.56 Å². The Labute approximate surface area is 151 Å². The molecule has 1 N–H and O–H groups in total. The van der Waals surface area contributed by atoms with Gasteiger partial charge in [0.2, 0.25) is 0 Å². The van der Waals surface area contributed by atoms with E-state index in [-0.39, 0.29) is 22.6 Å². The third kappa shape index (κ3) is 3.97. The van der Waals surface area contributed by atoms with E-state index in [0.717, 1.165) is 6.07 Å². The van der Waals surface area contributed by atoms with E-state index in [1.54, 1.807) is 32.3 Å². The maximum atomic E-state index is 13.6. The molecule has 27 heavy (non-hydrogen) atoms. The summed E-state index contributed by atoms with van der Waals surface area (Å²) in [4.78, 5) is 16.7. The summed E-state index contributed by atoms with van der Waals surface area (Å²) in [6, 6.07) is 7.16. The maximum Gasteiger partial charge on any atom is 0.419 e. The van der Waals surface area contributed by atoms with Crippen molar-refractivity contribution in [2.45, 2.75) is 13.1 Å². The molecule has 0 radical (unpaired) electrons. The van der Waals surface area contributed by atoms with Crippen LogP contribution in [0.15, 0.2) is 42.6 Å². The molecule has 1 amide bonds. The number of anilines is 1. The summed E-state index contributed by atoms with van der Waals surface area (Å²) in [5.74, 6) is -1.75. The van der Waals surface area contributed by atoms with Gasteiger partial charge in [0, 0.05) is 30.6 Å². The molecule has 0 saturated carbocycles. The van der Waals surface area contributed by atoms with E-state index in [4.69, 9.17) is 0 Å². The standard InChI is InChI=1S/C18H14F4N4O/c1-10-3-5-12(11-4-6-14(19)13(9-11)18(20,21)22)16(23-10)17(27)24-15-7-8-26(2)25-15/h3-9H,1-2H3,(H,24,25,27). The van der Waals surface area contributed by atoms with Crippen LogP contribution in [0.2, 0.25) is 0 Å². The van der Waals surface area contributed by atoms with Gasteiger partial charge in [-0.3, -0.25) is 9.48 Å². The van der Waals surface area contributed by atoms with Crippen molar-refractivity contribution in [2.24, 2.45) is 7.05 Å². The molecule has 0 aliphatic heterocycles. The van der Waals surface area contributed by atoms with Crippen molar-refractivity contribution in [1.29, 1.82) is 0 Å². The molecule has 0 spiro atoms. The van der Waals surface area contributed by atoms with Gasteiger partial charge in [0.15, 0.2) is 5.82 Å². The Morgan fingerprint density at radius 2 is 1.89 bits per heavy atom. The van der Waals surface area contributed by atoms with Crippen molar-refractivity contribution in [3.63, 3.8) is 0 Å². The summed E-state index contributed by atoms with van der Waals surface area (Å²) in [5.41, 5.74) is -0.804. The van der Waals surface area contributed by atoms with E-state index in [1.165, 1.54) is 16.8 Å². The monoisotopic (exact) mass is 378 g/mol. The number of nitrogens with one attached hydrogen (secondary N) is 1. The van der Waals surface area contributed by atoms with E-state index in [2.05, 4.69) is 15.4 Å². The normalized spacial score (nSPS) is 11.5. The van der Waals surface area contributed by atoms with Gasteiger partial charge in [-0.05, 0) is 30.7 Å². The Kier molecular flexibility index (Phi) is 4.69. The fraction of sp³-hybridized carbons (Fsp3) is 0.167. The van der Waals surface area contributed by atoms with Crippen LogP contribution in [0.25, 0.3) is 11.1 Å². The molecule has 9 heteroatoms. The van der Waals surface area contributed by atoms with Crippen LogP contribution in [0.5, 0.6) is 0 Å². The topological polar surface area (TPSA) is 59.8 Å². The predicted molar refractivity (Wildman–Crippen MR) is 90.5 cm³/mol. The first-order valence-corrected chi connectivity index (χ1v) is 7.81. The molecule has 140 valence electrons. The summed E-state index contributed by atoms with van der Waals surface area (Å²) < 4.78 is 54.1. The molecule has 3 rings (SSSR count). The number of hydrogen-bond donors (Lipinski definition) is 1. The number of rotatable bonds is 3. The lowest BCUT2D eigenvalue weighted by Gasteiger charge is -2.13. The number of aromatic nitrogens is 3. The minimum Gasteiger partial charge on any atom is -0.304 e. The highest BCUT2D eigenvalue weighted by atomic mass is 19.4. The summed E-state index contributed by atoms with van der Waals surface area (Å²) >= 11 is 0. The summed E-state index contributed by atoms with van der Waals surface area (Å²) in [6.45, 7) is 1.65. The number of amides is 1. The van der Waals surface area contributed by atoms with E-state index >= 15 is 0 Å². The van der Waals surface area contributed by atoms with E-state index in [1.807, 2.05) is 0 Å². The quantitative estimate of drug-likeness (QED) is 0.695. The molecular weight excluding hydrogens is 364 g/mol. The summed E-state index contributed by atoms with van der Waals surface area (Å²) in [7, 11) is 1.67. The molecule has 1 aromatic carbocycles. The van der Waals surface area contributed by atoms with Crippen molar-refractivity contribution < 1.29 is 22.4 Å². The van der Waals surface area contributed by atoms with Gasteiger partial charge < -0.3 is 5.32 Å². The molecule has 0 aliphatic carbocycles. The molecule has 3 aromatic rings. The number of aryl methyl sites for hydroxylation is 2. The summed E-state index contributed by atoms with van der Waals surface area (Å²) in [5, 5.41) is 6.56. The molecule has 0 bridgehead atoms. The number of benzene rings is 1. The van der Waals surface area contributed by atoms with Gasteiger partial charge >= 0.3 is 6.18 Å². The summed E-state index contributed by atoms with van der Waals surface area (Å²) in [6.07, 6.45) is -3.23. The minimum atomic E-state index is -4.85. The third-order valence-corrected chi connectivity index (χ3v) is 3.79. The van der Waals surface area contributed by atoms with Crippen LogP contribution in [0, 0.1) is 12.7 Å². The Bertz CT molecular complexity index is 1010. The molecule has 2 heterocycles. The lowest BCUT2D eigenvalue weighted by molar-refractivity contribution is -0.139. The Balaban J connectivity index is 2.06. The van der Waals surface area contributed by atoms with Crippen molar-refractivity contribution in [2.75, 3.05) is 5.32 Å². The zero-order valence-corrected chi connectivity index (χ0v) is 14.3. The number of hydrogen-bond acceptors (Lipinski definition) is 3. The van der Waals surface area contributed by atoms with Crippen molar-refractivity contribution in [3.05, 3.63) is 65.4 Å². The Morgan fingerprint density at radius 1 is 1.15 bits per heavy atom. The fourth-order valence-electron chi connectivity index (χ4n) is 2.53. The van der Waals surface area contributed by atoms with E-state index in [0.29, 0.717) is 11.8 Å². The largest absolute Gasteiger partial charge is 0.419 e. The number of alkyl halides is 3. The maximum absolute atomic E-state index is 13.6. The molecule has 0 saturated heterocycles. The third-order valence-electron chi connectivity index (χ3n) is 3.79. The van der Waals surface area contributed by atoms with Crippen LogP contribution in [0.1, 0.15) is 21.7 Å². The molecule has 0 aliphatic rings. The molecule has 5 nitrogen and oxygen atoms in total. The van der Waals surface area contributed by atoms with Crippen molar-refractivity contribution >= 4 is 11.7 Å². The van der Waals surface area contributed by atoms with Gasteiger partial charge in [-0.25, -0.2) is 9.37 Å². The second-order valence-corrected chi connectivity index (χ2v) is 5.87. The number of nitrogens with zero attached hydrogens (tertiary/aromatic N) is 3. The first-order valence-electron chi connectivity index (χ1n) is 7.81.